The topological polar surface area (TPSA) is 9.23 Å². The fourth-order valence-corrected chi connectivity index (χ4v) is 1.46. The van der Waals surface area contributed by atoms with Gasteiger partial charge in [-0.1, -0.05) is 20.3 Å². The molecule has 1 atom stereocenters. The molecule has 12 heavy (non-hydrogen) atoms. The first-order chi connectivity index (χ1) is 5.68. The molecule has 0 N–H and O–H groups in total. The summed E-state index contributed by atoms with van der Waals surface area (Å²) in [5.41, 5.74) is 0.343. The number of ether oxygens (including phenoxy) is 1. The van der Waals surface area contributed by atoms with E-state index in [0.29, 0.717) is 5.41 Å². The van der Waals surface area contributed by atoms with Crippen molar-refractivity contribution in [2.75, 3.05) is 19.6 Å². The van der Waals surface area contributed by atoms with E-state index < -0.39 is 0 Å². The van der Waals surface area contributed by atoms with E-state index in [9.17, 15) is 0 Å². The quantitative estimate of drug-likeness (QED) is 0.444. The number of hydrogen-bond donors (Lipinski definition) is 0. The second kappa shape index (κ2) is 6.73. The Bertz CT molecular complexity index is 100. The van der Waals surface area contributed by atoms with Crippen molar-refractivity contribution >= 4 is 11.6 Å². The molecule has 0 amide bonds. The molecule has 1 nitrogen and oxygen atoms in total. The van der Waals surface area contributed by atoms with Crippen LogP contribution in [-0.2, 0) is 4.74 Å². The van der Waals surface area contributed by atoms with E-state index in [2.05, 4.69) is 13.8 Å². The van der Waals surface area contributed by atoms with Gasteiger partial charge in [-0.2, -0.15) is 0 Å². The Balaban J connectivity index is 3.45. The first-order valence-corrected chi connectivity index (χ1v) is 5.27. The Hall–Kier alpha value is 0.250. The van der Waals surface area contributed by atoms with Crippen molar-refractivity contribution in [3.8, 4) is 0 Å². The summed E-state index contributed by atoms with van der Waals surface area (Å²) in [6, 6.07) is 0. The van der Waals surface area contributed by atoms with Gasteiger partial charge in [0.15, 0.2) is 0 Å². The van der Waals surface area contributed by atoms with Gasteiger partial charge in [-0.25, -0.2) is 0 Å². The average Bonchev–Trinajstić information content (AvgIpc) is 2.12. The summed E-state index contributed by atoms with van der Waals surface area (Å²) in [6.45, 7) is 5.34. The molecule has 0 radical (unpaired) electrons. The van der Waals surface area contributed by atoms with Gasteiger partial charge in [0.25, 0.3) is 0 Å². The number of alkyl halides is 1. The lowest BCUT2D eigenvalue weighted by Crippen LogP contribution is -2.17. The molecule has 0 saturated carbocycles. The first-order valence-electron chi connectivity index (χ1n) is 4.73. The number of methoxy groups -OCH3 is 1. The summed E-state index contributed by atoms with van der Waals surface area (Å²) in [4.78, 5) is 0. The van der Waals surface area contributed by atoms with Crippen LogP contribution in [0.25, 0.3) is 0 Å². The molecular weight excluding hydrogens is 172 g/mol. The normalized spacial score (nSPS) is 16.0. The minimum atomic E-state index is 0.343. The van der Waals surface area contributed by atoms with Gasteiger partial charge in [0.05, 0.1) is 0 Å². The Morgan fingerprint density at radius 1 is 1.33 bits per heavy atom. The van der Waals surface area contributed by atoms with Crippen molar-refractivity contribution < 1.29 is 4.74 Å². The molecule has 0 aliphatic heterocycles. The minimum absolute atomic E-state index is 0.343. The predicted octanol–water partition coefficient (Wildman–Crippen LogP) is 3.46. The molecule has 0 aliphatic carbocycles. The summed E-state index contributed by atoms with van der Waals surface area (Å²) >= 11 is 5.89. The second-order valence-electron chi connectivity index (χ2n) is 3.75. The molecule has 0 fully saturated rings. The van der Waals surface area contributed by atoms with Crippen LogP contribution in [0.1, 0.15) is 39.5 Å². The van der Waals surface area contributed by atoms with Crippen molar-refractivity contribution in [3.63, 3.8) is 0 Å². The van der Waals surface area contributed by atoms with Crippen molar-refractivity contribution in [1.82, 2.24) is 0 Å². The molecule has 0 aromatic heterocycles. The molecule has 0 bridgehead atoms. The Morgan fingerprint density at radius 3 is 2.42 bits per heavy atom. The van der Waals surface area contributed by atoms with E-state index in [1.807, 2.05) is 0 Å². The van der Waals surface area contributed by atoms with E-state index >= 15 is 0 Å². The van der Waals surface area contributed by atoms with Crippen LogP contribution in [0.5, 0.6) is 0 Å². The van der Waals surface area contributed by atoms with Gasteiger partial charge in [-0.3, -0.25) is 0 Å². The van der Waals surface area contributed by atoms with Crippen molar-refractivity contribution in [3.05, 3.63) is 0 Å². The van der Waals surface area contributed by atoms with Crippen LogP contribution in [0.4, 0.5) is 0 Å². The standard InChI is InChI=1S/C10H21ClO/c1-4-10(2,9-11)7-5-6-8-12-3/h4-9H2,1-3H3. The van der Waals surface area contributed by atoms with Gasteiger partial charge in [0.1, 0.15) is 0 Å². The third-order valence-corrected chi connectivity index (χ3v) is 3.20. The van der Waals surface area contributed by atoms with Crippen molar-refractivity contribution in [2.45, 2.75) is 39.5 Å². The second-order valence-corrected chi connectivity index (χ2v) is 4.02. The zero-order valence-electron chi connectivity index (χ0n) is 8.53. The third-order valence-electron chi connectivity index (χ3n) is 2.55. The van der Waals surface area contributed by atoms with Gasteiger partial charge < -0.3 is 4.74 Å². The van der Waals surface area contributed by atoms with E-state index in [1.165, 1.54) is 19.3 Å². The van der Waals surface area contributed by atoms with Gasteiger partial charge in [0.2, 0.25) is 0 Å². The van der Waals surface area contributed by atoms with Crippen LogP contribution >= 0.6 is 11.6 Å². The Kier molecular flexibility index (Phi) is 6.87. The maximum Gasteiger partial charge on any atom is 0.0462 e. The zero-order valence-corrected chi connectivity index (χ0v) is 9.28. The van der Waals surface area contributed by atoms with Gasteiger partial charge in [0, 0.05) is 19.6 Å². The van der Waals surface area contributed by atoms with E-state index in [0.717, 1.165) is 18.9 Å². The molecule has 0 aromatic rings. The van der Waals surface area contributed by atoms with Crippen LogP contribution in [0.15, 0.2) is 0 Å². The van der Waals surface area contributed by atoms with E-state index in [4.69, 9.17) is 16.3 Å². The van der Waals surface area contributed by atoms with Gasteiger partial charge in [-0.05, 0) is 24.7 Å². The average molecular weight is 193 g/mol. The number of unbranched alkanes of at least 4 members (excludes halogenated alkanes) is 1. The molecule has 0 spiro atoms. The molecule has 74 valence electrons. The summed E-state index contributed by atoms with van der Waals surface area (Å²) < 4.78 is 4.99. The van der Waals surface area contributed by atoms with Gasteiger partial charge >= 0.3 is 0 Å². The zero-order chi connectivity index (χ0) is 9.45. The molecule has 0 saturated heterocycles. The maximum atomic E-state index is 5.89. The molecule has 0 aromatic carbocycles. The van der Waals surface area contributed by atoms with Crippen LogP contribution in [-0.4, -0.2) is 19.6 Å². The monoisotopic (exact) mass is 192 g/mol. The van der Waals surface area contributed by atoms with Crippen LogP contribution < -0.4 is 0 Å². The van der Waals surface area contributed by atoms with E-state index in [1.54, 1.807) is 7.11 Å². The highest BCUT2D eigenvalue weighted by Gasteiger charge is 2.19. The Morgan fingerprint density at radius 2 is 2.00 bits per heavy atom. The molecule has 0 rings (SSSR count). The van der Waals surface area contributed by atoms with Crippen LogP contribution in [0.2, 0.25) is 0 Å². The van der Waals surface area contributed by atoms with Crippen molar-refractivity contribution in [1.29, 1.82) is 0 Å². The smallest absolute Gasteiger partial charge is 0.0462 e. The minimum Gasteiger partial charge on any atom is -0.385 e. The summed E-state index contributed by atoms with van der Waals surface area (Å²) in [6.07, 6.45) is 4.77. The van der Waals surface area contributed by atoms with E-state index in [-0.39, 0.29) is 0 Å². The summed E-state index contributed by atoms with van der Waals surface area (Å²) in [7, 11) is 1.75. The molecule has 0 aliphatic rings. The molecular formula is C10H21ClO. The van der Waals surface area contributed by atoms with Crippen LogP contribution in [0.3, 0.4) is 0 Å². The first kappa shape index (κ1) is 12.2. The predicted molar refractivity (Wildman–Crippen MR) is 54.8 cm³/mol. The molecule has 0 heterocycles. The summed E-state index contributed by atoms with van der Waals surface area (Å²) in [5, 5.41) is 0. The fraction of sp³-hybridized carbons (Fsp3) is 1.00. The fourth-order valence-electron chi connectivity index (χ4n) is 1.14. The van der Waals surface area contributed by atoms with Crippen molar-refractivity contribution in [2.24, 2.45) is 5.41 Å². The highest BCUT2D eigenvalue weighted by atomic mass is 35.5. The third kappa shape index (κ3) is 5.00. The molecule has 1 unspecified atom stereocenters. The number of rotatable bonds is 7. The Labute approximate surface area is 81.4 Å². The number of hydrogen-bond acceptors (Lipinski definition) is 1. The lowest BCUT2D eigenvalue weighted by Gasteiger charge is -2.25. The lowest BCUT2D eigenvalue weighted by atomic mass is 9.84. The molecule has 2 heteroatoms. The maximum absolute atomic E-state index is 5.89. The lowest BCUT2D eigenvalue weighted by molar-refractivity contribution is 0.185. The number of halogens is 1. The highest BCUT2D eigenvalue weighted by Crippen LogP contribution is 2.29. The summed E-state index contributed by atoms with van der Waals surface area (Å²) in [5.74, 6) is 0.774. The van der Waals surface area contributed by atoms with Crippen LogP contribution in [0, 0.1) is 5.41 Å². The SMILES string of the molecule is CCC(C)(CCl)CCCCOC. The van der Waals surface area contributed by atoms with Gasteiger partial charge in [-0.15, -0.1) is 11.6 Å². The largest absolute Gasteiger partial charge is 0.385 e. The highest BCUT2D eigenvalue weighted by molar-refractivity contribution is 6.18.